The molecular weight excluding hydrogens is 290 g/mol. The van der Waals surface area contributed by atoms with Crippen LogP contribution in [-0.4, -0.2) is 39.0 Å². The maximum absolute atomic E-state index is 12.7. The van der Waals surface area contributed by atoms with Crippen LogP contribution >= 0.6 is 0 Å². The highest BCUT2D eigenvalue weighted by atomic mass is 16.5. The summed E-state index contributed by atoms with van der Waals surface area (Å²) in [6, 6.07) is 16.4. The van der Waals surface area contributed by atoms with Crippen molar-refractivity contribution in [3.8, 4) is 0 Å². The number of nitrogens with one attached hydrogen (secondary N) is 1. The second-order valence-electron chi connectivity index (χ2n) is 5.75. The van der Waals surface area contributed by atoms with Crippen LogP contribution in [0.1, 0.15) is 26.3 Å². The van der Waals surface area contributed by atoms with Crippen LogP contribution in [0.4, 0.5) is 0 Å². The maximum Gasteiger partial charge on any atom is 0.337 e. The van der Waals surface area contributed by atoms with E-state index in [1.54, 1.807) is 12.1 Å². The van der Waals surface area contributed by atoms with Crippen molar-refractivity contribution in [3.05, 3.63) is 71.3 Å². The predicted octanol–water partition coefficient (Wildman–Crippen LogP) is 1.41. The van der Waals surface area contributed by atoms with Crippen LogP contribution in [0.5, 0.6) is 0 Å². The smallest absolute Gasteiger partial charge is 0.337 e. The van der Waals surface area contributed by atoms with Crippen molar-refractivity contribution in [3.63, 3.8) is 0 Å². The molecule has 0 heterocycles. The van der Waals surface area contributed by atoms with Crippen LogP contribution < -0.4 is 4.90 Å². The molecule has 2 aromatic rings. The lowest BCUT2D eigenvalue weighted by Gasteiger charge is -2.20. The van der Waals surface area contributed by atoms with Crippen molar-refractivity contribution in [2.75, 3.05) is 21.2 Å². The summed E-state index contributed by atoms with van der Waals surface area (Å²) in [4.78, 5) is 25.3. The summed E-state index contributed by atoms with van der Waals surface area (Å²) < 4.78 is 4.69. The lowest BCUT2D eigenvalue weighted by atomic mass is 9.96. The Hall–Kier alpha value is -2.46. The van der Waals surface area contributed by atoms with Crippen molar-refractivity contribution < 1.29 is 19.2 Å². The summed E-state index contributed by atoms with van der Waals surface area (Å²) in [5.41, 5.74) is 2.26. The third-order valence-electron chi connectivity index (χ3n) is 3.89. The van der Waals surface area contributed by atoms with Crippen molar-refractivity contribution >= 4 is 11.8 Å². The molecule has 0 amide bonds. The minimum absolute atomic E-state index is 0.127. The first-order valence-electron chi connectivity index (χ1n) is 7.59. The molecule has 0 fully saturated rings. The molecule has 0 saturated heterocycles. The van der Waals surface area contributed by atoms with E-state index < -0.39 is 0 Å². The summed E-state index contributed by atoms with van der Waals surface area (Å²) in [7, 11) is 5.32. The van der Waals surface area contributed by atoms with Gasteiger partial charge in [0.1, 0.15) is 0 Å². The first-order chi connectivity index (χ1) is 11.0. The van der Waals surface area contributed by atoms with Crippen molar-refractivity contribution in [2.24, 2.45) is 0 Å². The molecule has 0 aliphatic carbocycles. The fourth-order valence-corrected chi connectivity index (χ4v) is 2.49. The zero-order chi connectivity index (χ0) is 16.8. The van der Waals surface area contributed by atoms with Gasteiger partial charge < -0.3 is 9.64 Å². The molecule has 0 aliphatic rings. The summed E-state index contributed by atoms with van der Waals surface area (Å²) in [5.74, 6) is -0.227. The Balaban J connectivity index is 2.17. The molecular formula is C19H22NO3+. The number of carbonyl (C=O) groups excluding carboxylic acids is 2. The average Bonchev–Trinajstić information content (AvgIpc) is 2.59. The third kappa shape index (κ3) is 4.27. The van der Waals surface area contributed by atoms with Crippen LogP contribution in [0.2, 0.25) is 0 Å². The molecule has 120 valence electrons. The van der Waals surface area contributed by atoms with E-state index in [2.05, 4.69) is 0 Å². The number of Topliss-reactive ketones (excluding diaryl/α,β-unsaturated/α-hetero) is 1. The molecule has 0 aliphatic heterocycles. The third-order valence-corrected chi connectivity index (χ3v) is 3.89. The number of quaternary nitrogens is 1. The number of ether oxygens (including phenoxy) is 1. The highest BCUT2D eigenvalue weighted by Gasteiger charge is 2.26. The van der Waals surface area contributed by atoms with E-state index in [1.165, 1.54) is 7.11 Å². The number of ketones is 1. The first kappa shape index (κ1) is 16.9. The molecule has 0 radical (unpaired) electrons. The van der Waals surface area contributed by atoms with E-state index in [1.807, 2.05) is 56.6 Å². The Kier molecular flexibility index (Phi) is 5.66. The van der Waals surface area contributed by atoms with Gasteiger partial charge in [-0.1, -0.05) is 42.5 Å². The molecule has 0 saturated carbocycles. The topological polar surface area (TPSA) is 47.8 Å². The summed E-state index contributed by atoms with van der Waals surface area (Å²) in [5, 5.41) is 0. The van der Waals surface area contributed by atoms with Gasteiger partial charge in [0.2, 0.25) is 5.78 Å². The highest BCUT2D eigenvalue weighted by molar-refractivity contribution is 5.99. The highest BCUT2D eigenvalue weighted by Crippen LogP contribution is 2.10. The van der Waals surface area contributed by atoms with Crippen LogP contribution in [-0.2, 0) is 11.2 Å². The molecule has 0 aromatic heterocycles. The predicted molar refractivity (Wildman–Crippen MR) is 88.9 cm³/mol. The largest absolute Gasteiger partial charge is 0.465 e. The summed E-state index contributed by atoms with van der Waals surface area (Å²) >= 11 is 0. The number of carbonyl (C=O) groups is 2. The van der Waals surface area contributed by atoms with E-state index in [0.29, 0.717) is 12.0 Å². The standard InChI is InChI=1S/C19H21NO3/c1-20(2)17(18(21)15-7-5-4-6-8-15)13-14-9-11-16(12-10-14)19(22)23-3/h4-12,17H,13H2,1-3H3/p+1/t17-/m1/s1. The van der Waals surface area contributed by atoms with Gasteiger partial charge in [-0.25, -0.2) is 4.79 Å². The fourth-order valence-electron chi connectivity index (χ4n) is 2.49. The second-order valence-corrected chi connectivity index (χ2v) is 5.75. The minimum atomic E-state index is -0.355. The number of methoxy groups -OCH3 is 1. The van der Waals surface area contributed by atoms with Crippen molar-refractivity contribution in [2.45, 2.75) is 12.5 Å². The number of likely N-dealkylation sites (N-methyl/N-ethyl adjacent to an activating group) is 1. The fraction of sp³-hybridized carbons (Fsp3) is 0.263. The molecule has 0 spiro atoms. The Labute approximate surface area is 136 Å². The number of hydrogen-bond donors (Lipinski definition) is 1. The number of benzene rings is 2. The zero-order valence-corrected chi connectivity index (χ0v) is 13.7. The van der Waals surface area contributed by atoms with Gasteiger partial charge in [-0.05, 0) is 17.7 Å². The lowest BCUT2D eigenvalue weighted by Crippen LogP contribution is -3.11. The van der Waals surface area contributed by atoms with Crippen LogP contribution in [0.15, 0.2) is 54.6 Å². The van der Waals surface area contributed by atoms with E-state index >= 15 is 0 Å². The molecule has 2 rings (SSSR count). The van der Waals surface area contributed by atoms with Gasteiger partial charge >= 0.3 is 5.97 Å². The van der Waals surface area contributed by atoms with Gasteiger partial charge in [0.15, 0.2) is 6.04 Å². The Bertz CT molecular complexity index is 663. The van der Waals surface area contributed by atoms with Gasteiger partial charge in [0.05, 0.1) is 26.8 Å². The van der Waals surface area contributed by atoms with Gasteiger partial charge in [-0.15, -0.1) is 0 Å². The second kappa shape index (κ2) is 7.70. The van der Waals surface area contributed by atoms with Crippen LogP contribution in [0.3, 0.4) is 0 Å². The van der Waals surface area contributed by atoms with Crippen LogP contribution in [0, 0.1) is 0 Å². The SMILES string of the molecule is COC(=O)c1ccc(C[C@H](C(=O)c2ccccc2)[NH+](C)C)cc1. The molecule has 0 bridgehead atoms. The molecule has 4 heteroatoms. The quantitative estimate of drug-likeness (QED) is 0.648. The number of esters is 1. The van der Waals surface area contributed by atoms with Gasteiger partial charge in [-0.2, -0.15) is 0 Å². The first-order valence-corrected chi connectivity index (χ1v) is 7.59. The molecule has 2 aromatic carbocycles. The van der Waals surface area contributed by atoms with E-state index in [-0.39, 0.29) is 17.8 Å². The van der Waals surface area contributed by atoms with E-state index in [9.17, 15) is 9.59 Å². The Morgan fingerprint density at radius 1 is 0.957 bits per heavy atom. The van der Waals surface area contributed by atoms with Gasteiger partial charge in [0.25, 0.3) is 0 Å². The molecule has 0 unspecified atom stereocenters. The molecule has 23 heavy (non-hydrogen) atoms. The van der Waals surface area contributed by atoms with E-state index in [4.69, 9.17) is 4.74 Å². The van der Waals surface area contributed by atoms with Gasteiger partial charge in [0, 0.05) is 12.0 Å². The van der Waals surface area contributed by atoms with Crippen molar-refractivity contribution in [1.29, 1.82) is 0 Å². The molecule has 4 nitrogen and oxygen atoms in total. The summed E-state index contributed by atoms with van der Waals surface area (Å²) in [6.45, 7) is 0. The maximum atomic E-state index is 12.7. The number of rotatable bonds is 6. The number of hydrogen-bond acceptors (Lipinski definition) is 3. The Morgan fingerprint density at radius 2 is 1.57 bits per heavy atom. The minimum Gasteiger partial charge on any atom is -0.465 e. The Morgan fingerprint density at radius 3 is 2.09 bits per heavy atom. The molecule has 1 atom stereocenters. The van der Waals surface area contributed by atoms with E-state index in [0.717, 1.165) is 16.0 Å². The van der Waals surface area contributed by atoms with Crippen LogP contribution in [0.25, 0.3) is 0 Å². The summed E-state index contributed by atoms with van der Waals surface area (Å²) in [6.07, 6.45) is 0.623. The zero-order valence-electron chi connectivity index (χ0n) is 13.7. The van der Waals surface area contributed by atoms with Gasteiger partial charge in [-0.3, -0.25) is 4.79 Å². The normalized spacial score (nSPS) is 12.0. The average molecular weight is 312 g/mol. The monoisotopic (exact) mass is 312 g/mol. The van der Waals surface area contributed by atoms with Crippen molar-refractivity contribution in [1.82, 2.24) is 0 Å². The lowest BCUT2D eigenvalue weighted by molar-refractivity contribution is -0.874. The molecule has 1 N–H and O–H groups in total.